The van der Waals surface area contributed by atoms with Gasteiger partial charge in [-0.15, -0.1) is 0 Å². The van der Waals surface area contributed by atoms with E-state index < -0.39 is 0 Å². The van der Waals surface area contributed by atoms with Crippen molar-refractivity contribution in [2.75, 3.05) is 31.2 Å². The Bertz CT molecular complexity index is 615. The Balaban J connectivity index is 1.67. The zero-order valence-corrected chi connectivity index (χ0v) is 14.2. The van der Waals surface area contributed by atoms with Crippen molar-refractivity contribution in [2.24, 2.45) is 7.05 Å². The molecule has 1 aliphatic rings. The van der Waals surface area contributed by atoms with Gasteiger partial charge in [0.05, 0.1) is 25.2 Å². The summed E-state index contributed by atoms with van der Waals surface area (Å²) in [6.45, 7) is 9.44. The van der Waals surface area contributed by atoms with Crippen molar-refractivity contribution in [3.63, 3.8) is 0 Å². The number of rotatable bonds is 6. The summed E-state index contributed by atoms with van der Waals surface area (Å²) in [5, 5.41) is 8.23. The number of aryl methyl sites for hydroxylation is 2. The standard InChI is InChI=1S/C16H26N6O/c1-13(11-21-5-4-17-12-21)18-10-15-14(2)19-20(3)16(15)22-6-8-23-9-7-22/h4-5,12-13,18H,6-11H2,1-3H3. The van der Waals surface area contributed by atoms with Gasteiger partial charge >= 0.3 is 0 Å². The SMILES string of the molecule is Cc1nn(C)c(N2CCOCC2)c1CNC(C)Cn1ccnc1. The molecule has 0 saturated carbocycles. The van der Waals surface area contributed by atoms with Crippen LogP contribution in [0, 0.1) is 6.92 Å². The average Bonchev–Trinajstić information content (AvgIpc) is 3.13. The highest BCUT2D eigenvalue weighted by atomic mass is 16.5. The first-order chi connectivity index (χ1) is 11.1. The number of nitrogens with one attached hydrogen (secondary N) is 1. The van der Waals surface area contributed by atoms with E-state index >= 15 is 0 Å². The Labute approximate surface area is 137 Å². The van der Waals surface area contributed by atoms with E-state index in [0.717, 1.165) is 45.1 Å². The van der Waals surface area contributed by atoms with E-state index in [-0.39, 0.29) is 0 Å². The van der Waals surface area contributed by atoms with Crippen molar-refractivity contribution in [1.82, 2.24) is 24.6 Å². The van der Waals surface area contributed by atoms with Crippen molar-refractivity contribution >= 4 is 5.82 Å². The van der Waals surface area contributed by atoms with Gasteiger partial charge in [0.25, 0.3) is 0 Å². The number of hydrogen-bond acceptors (Lipinski definition) is 5. The first-order valence-corrected chi connectivity index (χ1v) is 8.19. The molecule has 3 rings (SSSR count). The number of ether oxygens (including phenoxy) is 1. The van der Waals surface area contributed by atoms with Crippen molar-refractivity contribution in [2.45, 2.75) is 33.0 Å². The highest BCUT2D eigenvalue weighted by Crippen LogP contribution is 2.24. The highest BCUT2D eigenvalue weighted by Gasteiger charge is 2.21. The molecular weight excluding hydrogens is 292 g/mol. The molecular formula is C16H26N6O. The van der Waals surface area contributed by atoms with Crippen molar-refractivity contribution < 1.29 is 4.74 Å². The minimum Gasteiger partial charge on any atom is -0.378 e. The molecule has 2 aromatic rings. The summed E-state index contributed by atoms with van der Waals surface area (Å²) in [5.74, 6) is 1.22. The number of nitrogens with zero attached hydrogens (tertiary/aromatic N) is 5. The van der Waals surface area contributed by atoms with E-state index in [9.17, 15) is 0 Å². The van der Waals surface area contributed by atoms with Gasteiger partial charge in [0.2, 0.25) is 0 Å². The summed E-state index contributed by atoms with van der Waals surface area (Å²) in [6.07, 6.45) is 5.66. The zero-order valence-electron chi connectivity index (χ0n) is 14.2. The Morgan fingerprint density at radius 1 is 1.35 bits per heavy atom. The second kappa shape index (κ2) is 7.14. The second-order valence-corrected chi connectivity index (χ2v) is 6.15. The van der Waals surface area contributed by atoms with Crippen molar-refractivity contribution in [1.29, 1.82) is 0 Å². The van der Waals surface area contributed by atoms with Crippen LogP contribution in [0.25, 0.3) is 0 Å². The van der Waals surface area contributed by atoms with Crippen LogP contribution in [0.15, 0.2) is 18.7 Å². The van der Waals surface area contributed by atoms with Crippen LogP contribution < -0.4 is 10.2 Å². The Kier molecular flexibility index (Phi) is 4.97. The third-order valence-corrected chi connectivity index (χ3v) is 4.29. The normalized spacial score (nSPS) is 16.7. The molecule has 7 nitrogen and oxygen atoms in total. The molecule has 0 amide bonds. The van der Waals surface area contributed by atoms with Gasteiger partial charge in [-0.05, 0) is 13.8 Å². The minimum absolute atomic E-state index is 0.362. The summed E-state index contributed by atoms with van der Waals surface area (Å²) in [7, 11) is 2.02. The van der Waals surface area contributed by atoms with E-state index in [1.54, 1.807) is 0 Å². The predicted molar refractivity (Wildman–Crippen MR) is 89.5 cm³/mol. The summed E-state index contributed by atoms with van der Waals surface area (Å²) in [6, 6.07) is 0.362. The molecule has 0 bridgehead atoms. The van der Waals surface area contributed by atoms with Crippen LogP contribution in [-0.4, -0.2) is 51.7 Å². The number of morpholine rings is 1. The van der Waals surface area contributed by atoms with E-state index in [4.69, 9.17) is 4.74 Å². The number of aromatic nitrogens is 4. The molecule has 1 aliphatic heterocycles. The van der Waals surface area contributed by atoms with Gasteiger partial charge in [0, 0.05) is 57.2 Å². The number of imidazole rings is 1. The topological polar surface area (TPSA) is 60.1 Å². The maximum atomic E-state index is 5.47. The van der Waals surface area contributed by atoms with E-state index in [1.165, 1.54) is 11.4 Å². The maximum Gasteiger partial charge on any atom is 0.131 e. The fourth-order valence-electron chi connectivity index (χ4n) is 3.12. The maximum absolute atomic E-state index is 5.47. The minimum atomic E-state index is 0.362. The molecule has 1 unspecified atom stereocenters. The molecule has 0 aliphatic carbocycles. The molecule has 7 heteroatoms. The third kappa shape index (κ3) is 3.73. The molecule has 1 N–H and O–H groups in total. The number of hydrogen-bond donors (Lipinski definition) is 1. The molecule has 3 heterocycles. The summed E-state index contributed by atoms with van der Waals surface area (Å²) in [5.41, 5.74) is 2.38. The Morgan fingerprint density at radius 3 is 2.83 bits per heavy atom. The van der Waals surface area contributed by atoms with Gasteiger partial charge in [-0.1, -0.05) is 0 Å². The molecule has 0 radical (unpaired) electrons. The molecule has 1 atom stereocenters. The molecule has 0 spiro atoms. The van der Waals surface area contributed by atoms with Crippen LogP contribution in [0.3, 0.4) is 0 Å². The summed E-state index contributed by atoms with van der Waals surface area (Å²) >= 11 is 0. The average molecular weight is 318 g/mol. The molecule has 126 valence electrons. The monoisotopic (exact) mass is 318 g/mol. The summed E-state index contributed by atoms with van der Waals surface area (Å²) < 4.78 is 9.56. The zero-order chi connectivity index (χ0) is 16.2. The largest absolute Gasteiger partial charge is 0.378 e. The third-order valence-electron chi connectivity index (χ3n) is 4.29. The fraction of sp³-hybridized carbons (Fsp3) is 0.625. The van der Waals surface area contributed by atoms with Crippen LogP contribution in [0.2, 0.25) is 0 Å². The van der Waals surface area contributed by atoms with Crippen LogP contribution in [0.1, 0.15) is 18.2 Å². The van der Waals surface area contributed by atoms with Crippen molar-refractivity contribution in [3.05, 3.63) is 30.0 Å². The van der Waals surface area contributed by atoms with Gasteiger partial charge in [-0.2, -0.15) is 5.10 Å². The lowest BCUT2D eigenvalue weighted by Crippen LogP contribution is -2.38. The Hall–Kier alpha value is -1.86. The smallest absolute Gasteiger partial charge is 0.131 e. The van der Waals surface area contributed by atoms with Gasteiger partial charge in [0.1, 0.15) is 5.82 Å². The van der Waals surface area contributed by atoms with Crippen LogP contribution >= 0.6 is 0 Å². The highest BCUT2D eigenvalue weighted by molar-refractivity contribution is 5.50. The Morgan fingerprint density at radius 2 is 2.13 bits per heavy atom. The van der Waals surface area contributed by atoms with Crippen molar-refractivity contribution in [3.8, 4) is 0 Å². The van der Waals surface area contributed by atoms with Crippen LogP contribution in [-0.2, 0) is 24.9 Å². The molecule has 1 fully saturated rings. The van der Waals surface area contributed by atoms with E-state index in [0.29, 0.717) is 6.04 Å². The van der Waals surface area contributed by atoms with E-state index in [1.807, 2.05) is 30.5 Å². The van der Waals surface area contributed by atoms with Gasteiger partial charge in [-0.3, -0.25) is 4.68 Å². The van der Waals surface area contributed by atoms with Crippen LogP contribution in [0.4, 0.5) is 5.82 Å². The summed E-state index contributed by atoms with van der Waals surface area (Å²) in [4.78, 5) is 6.47. The van der Waals surface area contributed by atoms with Crippen LogP contribution in [0.5, 0.6) is 0 Å². The van der Waals surface area contributed by atoms with E-state index in [2.05, 4.69) is 38.7 Å². The van der Waals surface area contributed by atoms with Gasteiger partial charge in [-0.25, -0.2) is 4.98 Å². The quantitative estimate of drug-likeness (QED) is 0.859. The first kappa shape index (κ1) is 16.0. The fourth-order valence-corrected chi connectivity index (χ4v) is 3.12. The number of anilines is 1. The molecule has 0 aromatic carbocycles. The predicted octanol–water partition coefficient (Wildman–Crippen LogP) is 0.940. The lowest BCUT2D eigenvalue weighted by atomic mass is 10.2. The lowest BCUT2D eigenvalue weighted by Gasteiger charge is -2.30. The molecule has 23 heavy (non-hydrogen) atoms. The van der Waals surface area contributed by atoms with Gasteiger partial charge < -0.3 is 19.5 Å². The molecule has 1 saturated heterocycles. The second-order valence-electron chi connectivity index (χ2n) is 6.15. The lowest BCUT2D eigenvalue weighted by molar-refractivity contribution is 0.122. The first-order valence-electron chi connectivity index (χ1n) is 8.19. The van der Waals surface area contributed by atoms with Gasteiger partial charge in [0.15, 0.2) is 0 Å². The molecule has 2 aromatic heterocycles.